The van der Waals surface area contributed by atoms with Gasteiger partial charge < -0.3 is 9.47 Å². The van der Waals surface area contributed by atoms with E-state index in [1.165, 1.54) is 6.08 Å². The summed E-state index contributed by atoms with van der Waals surface area (Å²) in [5.74, 6) is 0.545. The van der Waals surface area contributed by atoms with Crippen LogP contribution in [0.4, 0.5) is 0 Å². The van der Waals surface area contributed by atoms with E-state index in [2.05, 4.69) is 6.92 Å². The second kappa shape index (κ2) is 7.48. The molecule has 3 heteroatoms. The molecule has 0 N–H and O–H groups in total. The summed E-state index contributed by atoms with van der Waals surface area (Å²) in [5, 5.41) is 2.22. The molecule has 0 heterocycles. The molecule has 0 spiro atoms. The lowest BCUT2D eigenvalue weighted by Crippen LogP contribution is -2.01. The molecule has 0 aliphatic heterocycles. The van der Waals surface area contributed by atoms with Gasteiger partial charge in [0.05, 0.1) is 13.7 Å². The molecule has 110 valence electrons. The Hall–Kier alpha value is -2.29. The molecule has 0 amide bonds. The zero-order valence-corrected chi connectivity index (χ0v) is 12.5. The number of unbranched alkanes of at least 4 members (excludes halogenated alkanes) is 1. The summed E-state index contributed by atoms with van der Waals surface area (Å²) >= 11 is 0. The molecule has 0 aliphatic rings. The number of carbonyl (C=O) groups is 1. The summed E-state index contributed by atoms with van der Waals surface area (Å²) in [5.41, 5.74) is 0.972. The molecule has 0 aliphatic carbocycles. The van der Waals surface area contributed by atoms with Gasteiger partial charge in [-0.25, -0.2) is 4.79 Å². The van der Waals surface area contributed by atoms with Crippen LogP contribution in [0.2, 0.25) is 0 Å². The van der Waals surface area contributed by atoms with Crippen LogP contribution in [0.15, 0.2) is 42.5 Å². The molecule has 0 unspecified atom stereocenters. The van der Waals surface area contributed by atoms with Crippen LogP contribution in [0.25, 0.3) is 16.8 Å². The largest absolute Gasteiger partial charge is 0.497 e. The van der Waals surface area contributed by atoms with E-state index in [0.29, 0.717) is 6.61 Å². The summed E-state index contributed by atoms with van der Waals surface area (Å²) in [6, 6.07) is 11.9. The zero-order valence-electron chi connectivity index (χ0n) is 12.5. The highest BCUT2D eigenvalue weighted by atomic mass is 16.5. The third-order valence-corrected chi connectivity index (χ3v) is 3.23. The van der Waals surface area contributed by atoms with Crippen LogP contribution < -0.4 is 4.74 Å². The Bertz CT molecular complexity index is 644. The van der Waals surface area contributed by atoms with E-state index in [1.807, 2.05) is 36.4 Å². The monoisotopic (exact) mass is 284 g/mol. The van der Waals surface area contributed by atoms with Gasteiger partial charge in [-0.2, -0.15) is 0 Å². The first-order chi connectivity index (χ1) is 10.2. The van der Waals surface area contributed by atoms with Gasteiger partial charge in [0.15, 0.2) is 0 Å². The van der Waals surface area contributed by atoms with Gasteiger partial charge in [0, 0.05) is 6.08 Å². The average Bonchev–Trinajstić information content (AvgIpc) is 2.52. The maximum absolute atomic E-state index is 11.5. The fourth-order valence-corrected chi connectivity index (χ4v) is 2.00. The van der Waals surface area contributed by atoms with Crippen molar-refractivity contribution in [3.63, 3.8) is 0 Å². The van der Waals surface area contributed by atoms with Gasteiger partial charge in [-0.1, -0.05) is 31.5 Å². The molecule has 0 radical (unpaired) electrons. The minimum absolute atomic E-state index is 0.293. The van der Waals surface area contributed by atoms with Gasteiger partial charge in [0.2, 0.25) is 0 Å². The number of benzene rings is 2. The first-order valence-corrected chi connectivity index (χ1v) is 7.15. The van der Waals surface area contributed by atoms with Crippen LogP contribution >= 0.6 is 0 Å². The predicted molar refractivity (Wildman–Crippen MR) is 85.4 cm³/mol. The summed E-state index contributed by atoms with van der Waals surface area (Å²) in [4.78, 5) is 11.5. The van der Waals surface area contributed by atoms with E-state index in [0.717, 1.165) is 34.9 Å². The van der Waals surface area contributed by atoms with Crippen molar-refractivity contribution in [3.05, 3.63) is 48.0 Å². The molecule has 2 aromatic rings. The minimum Gasteiger partial charge on any atom is -0.497 e. The minimum atomic E-state index is -0.293. The Morgan fingerprint density at radius 1 is 1.14 bits per heavy atom. The average molecular weight is 284 g/mol. The highest BCUT2D eigenvalue weighted by Gasteiger charge is 1.99. The Kier molecular flexibility index (Phi) is 5.38. The van der Waals surface area contributed by atoms with Crippen molar-refractivity contribution in [2.24, 2.45) is 0 Å². The Labute approximate surface area is 125 Å². The van der Waals surface area contributed by atoms with Crippen molar-refractivity contribution in [1.82, 2.24) is 0 Å². The third kappa shape index (κ3) is 4.35. The SMILES string of the molecule is CCCCOC(=O)/C=C/c1ccc2cc(OC)ccc2c1. The van der Waals surface area contributed by atoms with E-state index < -0.39 is 0 Å². The molecular formula is C18H20O3. The zero-order chi connectivity index (χ0) is 15.1. The van der Waals surface area contributed by atoms with Crippen LogP contribution in [0.3, 0.4) is 0 Å². The highest BCUT2D eigenvalue weighted by molar-refractivity contribution is 5.90. The molecule has 3 nitrogen and oxygen atoms in total. The second-order valence-corrected chi connectivity index (χ2v) is 4.83. The summed E-state index contributed by atoms with van der Waals surface area (Å²) in [7, 11) is 1.66. The lowest BCUT2D eigenvalue weighted by molar-refractivity contribution is -0.137. The van der Waals surface area contributed by atoms with Gasteiger partial charge in [0.25, 0.3) is 0 Å². The smallest absolute Gasteiger partial charge is 0.330 e. The van der Waals surface area contributed by atoms with Crippen LogP contribution in [0.1, 0.15) is 25.3 Å². The topological polar surface area (TPSA) is 35.5 Å². The van der Waals surface area contributed by atoms with Crippen LogP contribution in [0.5, 0.6) is 5.75 Å². The van der Waals surface area contributed by atoms with Crippen molar-refractivity contribution in [2.75, 3.05) is 13.7 Å². The van der Waals surface area contributed by atoms with E-state index in [-0.39, 0.29) is 5.97 Å². The molecule has 0 atom stereocenters. The van der Waals surface area contributed by atoms with Crippen LogP contribution in [-0.2, 0) is 9.53 Å². The van der Waals surface area contributed by atoms with Crippen LogP contribution in [-0.4, -0.2) is 19.7 Å². The molecule has 0 saturated heterocycles. The molecule has 2 rings (SSSR count). The summed E-state index contributed by atoms with van der Waals surface area (Å²) in [6.07, 6.45) is 5.17. The molecule has 0 bridgehead atoms. The van der Waals surface area contributed by atoms with Crippen LogP contribution in [0, 0.1) is 0 Å². The number of methoxy groups -OCH3 is 1. The number of hydrogen-bond acceptors (Lipinski definition) is 3. The normalized spacial score (nSPS) is 11.0. The Balaban J connectivity index is 2.07. The van der Waals surface area contributed by atoms with E-state index >= 15 is 0 Å². The maximum atomic E-state index is 11.5. The van der Waals surface area contributed by atoms with Gasteiger partial charge in [-0.15, -0.1) is 0 Å². The molecule has 0 fully saturated rings. The number of hydrogen-bond donors (Lipinski definition) is 0. The Morgan fingerprint density at radius 2 is 1.90 bits per heavy atom. The lowest BCUT2D eigenvalue weighted by atomic mass is 10.1. The van der Waals surface area contributed by atoms with E-state index in [9.17, 15) is 4.79 Å². The van der Waals surface area contributed by atoms with Gasteiger partial charge >= 0.3 is 5.97 Å². The molecule has 0 saturated carbocycles. The summed E-state index contributed by atoms with van der Waals surface area (Å²) < 4.78 is 10.3. The Morgan fingerprint density at radius 3 is 2.67 bits per heavy atom. The number of rotatable bonds is 6. The van der Waals surface area contributed by atoms with Crippen molar-refractivity contribution in [1.29, 1.82) is 0 Å². The maximum Gasteiger partial charge on any atom is 0.330 e. The van der Waals surface area contributed by atoms with Crippen molar-refractivity contribution >= 4 is 22.8 Å². The van der Waals surface area contributed by atoms with E-state index in [1.54, 1.807) is 13.2 Å². The van der Waals surface area contributed by atoms with Crippen molar-refractivity contribution in [3.8, 4) is 5.75 Å². The third-order valence-electron chi connectivity index (χ3n) is 3.23. The van der Waals surface area contributed by atoms with Gasteiger partial charge in [0.1, 0.15) is 5.75 Å². The first-order valence-electron chi connectivity index (χ1n) is 7.15. The fraction of sp³-hybridized carbons (Fsp3) is 0.278. The van der Waals surface area contributed by atoms with Gasteiger partial charge in [-0.05, 0) is 47.0 Å². The number of carbonyl (C=O) groups excluding carboxylic acids is 1. The number of ether oxygens (including phenoxy) is 2. The lowest BCUT2D eigenvalue weighted by Gasteiger charge is -2.03. The molecule has 0 aromatic heterocycles. The number of fused-ring (bicyclic) bond motifs is 1. The quantitative estimate of drug-likeness (QED) is 0.453. The standard InChI is InChI=1S/C18H20O3/c1-3-4-11-21-18(19)10-6-14-5-7-16-13-17(20-2)9-8-15(16)12-14/h5-10,12-13H,3-4,11H2,1-2H3/b10-6+. The summed E-state index contributed by atoms with van der Waals surface area (Å²) in [6.45, 7) is 2.55. The first kappa shape index (κ1) is 15.1. The predicted octanol–water partition coefficient (Wildman–Crippen LogP) is 4.20. The molecular weight excluding hydrogens is 264 g/mol. The fourth-order valence-electron chi connectivity index (χ4n) is 2.00. The molecule has 2 aromatic carbocycles. The highest BCUT2D eigenvalue weighted by Crippen LogP contribution is 2.22. The van der Waals surface area contributed by atoms with E-state index in [4.69, 9.17) is 9.47 Å². The molecule has 21 heavy (non-hydrogen) atoms. The number of esters is 1. The second-order valence-electron chi connectivity index (χ2n) is 4.83. The van der Waals surface area contributed by atoms with Crippen molar-refractivity contribution < 1.29 is 14.3 Å². The van der Waals surface area contributed by atoms with Crippen molar-refractivity contribution in [2.45, 2.75) is 19.8 Å². The van der Waals surface area contributed by atoms with Gasteiger partial charge in [-0.3, -0.25) is 0 Å².